The average Bonchev–Trinajstić information content (AvgIpc) is 2.89. The second-order valence-corrected chi connectivity index (χ2v) is 8.72. The Hall–Kier alpha value is -3.64. The highest BCUT2D eigenvalue weighted by molar-refractivity contribution is 6.30. The lowest BCUT2D eigenvalue weighted by Crippen LogP contribution is -2.47. The molecule has 1 atom stereocenters. The van der Waals surface area contributed by atoms with Crippen molar-refractivity contribution in [3.63, 3.8) is 0 Å². The number of nitrogens with zero attached hydrogens (tertiary/aromatic N) is 1. The molecular weight excluding hydrogens is 450 g/mol. The van der Waals surface area contributed by atoms with E-state index < -0.39 is 12.1 Å². The van der Waals surface area contributed by atoms with E-state index in [1.54, 1.807) is 29.2 Å². The van der Waals surface area contributed by atoms with Gasteiger partial charge in [-0.05, 0) is 42.7 Å². The highest BCUT2D eigenvalue weighted by Crippen LogP contribution is 2.25. The van der Waals surface area contributed by atoms with Gasteiger partial charge in [-0.3, -0.25) is 9.59 Å². The number of Topliss-reactive ketones (excluding diaryl/α,β-unsaturated/α-hetero) is 1. The van der Waals surface area contributed by atoms with E-state index in [0.29, 0.717) is 47.8 Å². The van der Waals surface area contributed by atoms with Crippen molar-refractivity contribution in [1.29, 1.82) is 0 Å². The van der Waals surface area contributed by atoms with Gasteiger partial charge in [-0.1, -0.05) is 72.3 Å². The Morgan fingerprint density at radius 2 is 1.41 bits per heavy atom. The number of nitrogens with one attached hydrogen (secondary N) is 2. The SMILES string of the molecule is O=C(Nc1ccc(Cl)cc1)N[C@@H](C(=O)N1CCC(C(=O)c2ccccc2)CC1)c1ccccc1. The highest BCUT2D eigenvalue weighted by atomic mass is 35.5. The van der Waals surface area contributed by atoms with Crippen LogP contribution in [0.4, 0.5) is 10.5 Å². The Morgan fingerprint density at radius 3 is 2.03 bits per heavy atom. The van der Waals surface area contributed by atoms with E-state index in [1.807, 2.05) is 60.7 Å². The standard InChI is InChI=1S/C27H26ClN3O3/c28-22-11-13-23(14-12-22)29-27(34)30-24(19-7-3-1-4-8-19)26(33)31-17-15-21(16-18-31)25(32)20-9-5-2-6-10-20/h1-14,21,24H,15-18H2,(H2,29,30,34)/t24-/m1/s1. The minimum absolute atomic E-state index is 0.109. The van der Waals surface area contributed by atoms with Gasteiger partial charge in [0.15, 0.2) is 5.78 Å². The first kappa shape index (κ1) is 23.5. The van der Waals surface area contributed by atoms with Gasteiger partial charge in [-0.25, -0.2) is 4.79 Å². The Kier molecular flexibility index (Phi) is 7.60. The summed E-state index contributed by atoms with van der Waals surface area (Å²) in [5.74, 6) is -0.182. The maximum atomic E-state index is 13.5. The van der Waals surface area contributed by atoms with Gasteiger partial charge < -0.3 is 15.5 Å². The number of carbonyl (C=O) groups is 3. The van der Waals surface area contributed by atoms with Gasteiger partial charge in [0.05, 0.1) is 0 Å². The number of piperidine rings is 1. The van der Waals surface area contributed by atoms with Gasteiger partial charge >= 0.3 is 6.03 Å². The molecule has 1 aliphatic rings. The summed E-state index contributed by atoms with van der Waals surface area (Å²) in [6.45, 7) is 0.928. The average molecular weight is 476 g/mol. The second kappa shape index (κ2) is 11.0. The largest absolute Gasteiger partial charge is 0.341 e. The fourth-order valence-electron chi connectivity index (χ4n) is 4.15. The molecule has 1 fully saturated rings. The molecule has 1 aliphatic heterocycles. The molecule has 7 heteroatoms. The first-order chi connectivity index (χ1) is 16.5. The molecule has 3 aromatic rings. The minimum atomic E-state index is -0.838. The first-order valence-electron chi connectivity index (χ1n) is 11.3. The number of benzene rings is 3. The molecule has 0 aliphatic carbocycles. The van der Waals surface area contributed by atoms with Crippen molar-refractivity contribution in [2.75, 3.05) is 18.4 Å². The summed E-state index contributed by atoms with van der Waals surface area (Å²) < 4.78 is 0. The van der Waals surface area contributed by atoms with E-state index >= 15 is 0 Å². The van der Waals surface area contributed by atoms with Crippen LogP contribution in [0.1, 0.15) is 34.8 Å². The summed E-state index contributed by atoms with van der Waals surface area (Å²) in [7, 11) is 0. The van der Waals surface area contributed by atoms with Crippen molar-refractivity contribution >= 4 is 35.0 Å². The molecule has 174 valence electrons. The van der Waals surface area contributed by atoms with Gasteiger partial charge in [0.2, 0.25) is 5.91 Å². The second-order valence-electron chi connectivity index (χ2n) is 8.28. The van der Waals surface area contributed by atoms with Gasteiger partial charge in [-0.2, -0.15) is 0 Å². The maximum Gasteiger partial charge on any atom is 0.320 e. The predicted octanol–water partition coefficient (Wildman–Crippen LogP) is 5.32. The van der Waals surface area contributed by atoms with Gasteiger partial charge in [0, 0.05) is 35.3 Å². The zero-order valence-electron chi connectivity index (χ0n) is 18.6. The number of anilines is 1. The van der Waals surface area contributed by atoms with Crippen LogP contribution in [0, 0.1) is 5.92 Å². The predicted molar refractivity (Wildman–Crippen MR) is 133 cm³/mol. The molecule has 4 rings (SSSR count). The number of rotatable bonds is 6. The summed E-state index contributed by atoms with van der Waals surface area (Å²) in [6.07, 6.45) is 1.19. The fourth-order valence-corrected chi connectivity index (χ4v) is 4.27. The van der Waals surface area contributed by atoms with E-state index in [2.05, 4.69) is 10.6 Å². The van der Waals surface area contributed by atoms with E-state index in [4.69, 9.17) is 11.6 Å². The van der Waals surface area contributed by atoms with Crippen LogP contribution in [0.15, 0.2) is 84.9 Å². The van der Waals surface area contributed by atoms with Crippen molar-refractivity contribution in [1.82, 2.24) is 10.2 Å². The van der Waals surface area contributed by atoms with Crippen molar-refractivity contribution in [2.45, 2.75) is 18.9 Å². The Morgan fingerprint density at radius 1 is 0.824 bits per heavy atom. The molecule has 0 bridgehead atoms. The molecule has 1 heterocycles. The fraction of sp³-hybridized carbons (Fsp3) is 0.222. The number of hydrogen-bond acceptors (Lipinski definition) is 3. The number of likely N-dealkylation sites (tertiary alicyclic amines) is 1. The molecule has 0 radical (unpaired) electrons. The molecule has 1 saturated heterocycles. The van der Waals surface area contributed by atoms with Crippen LogP contribution in [-0.2, 0) is 4.79 Å². The van der Waals surface area contributed by atoms with Crippen LogP contribution < -0.4 is 10.6 Å². The number of hydrogen-bond donors (Lipinski definition) is 2. The third-order valence-corrected chi connectivity index (χ3v) is 6.25. The Bertz CT molecular complexity index is 1130. The lowest BCUT2D eigenvalue weighted by atomic mass is 9.88. The zero-order valence-corrected chi connectivity index (χ0v) is 19.4. The molecular formula is C27H26ClN3O3. The molecule has 34 heavy (non-hydrogen) atoms. The van der Waals surface area contributed by atoms with Gasteiger partial charge in [0.25, 0.3) is 0 Å². The molecule has 6 nitrogen and oxygen atoms in total. The van der Waals surface area contributed by atoms with Crippen LogP contribution in [0.5, 0.6) is 0 Å². The molecule has 0 unspecified atom stereocenters. The molecule has 2 N–H and O–H groups in total. The monoisotopic (exact) mass is 475 g/mol. The van der Waals surface area contributed by atoms with Crippen LogP contribution in [0.2, 0.25) is 5.02 Å². The number of amides is 3. The zero-order chi connectivity index (χ0) is 23.9. The van der Waals surface area contributed by atoms with Crippen LogP contribution in [-0.4, -0.2) is 35.7 Å². The van der Waals surface area contributed by atoms with Crippen LogP contribution >= 0.6 is 11.6 Å². The van der Waals surface area contributed by atoms with Crippen molar-refractivity contribution < 1.29 is 14.4 Å². The van der Waals surface area contributed by atoms with Gasteiger partial charge in [-0.15, -0.1) is 0 Å². The first-order valence-corrected chi connectivity index (χ1v) is 11.6. The molecule has 0 saturated carbocycles. The normalized spacial score (nSPS) is 14.8. The van der Waals surface area contributed by atoms with Crippen molar-refractivity contribution in [3.8, 4) is 0 Å². The van der Waals surface area contributed by atoms with E-state index in [1.165, 1.54) is 0 Å². The molecule has 3 amide bonds. The van der Waals surface area contributed by atoms with Crippen LogP contribution in [0.25, 0.3) is 0 Å². The van der Waals surface area contributed by atoms with E-state index in [9.17, 15) is 14.4 Å². The van der Waals surface area contributed by atoms with Gasteiger partial charge in [0.1, 0.15) is 6.04 Å². The number of halogens is 1. The summed E-state index contributed by atoms with van der Waals surface area (Å²) in [4.78, 5) is 40.7. The van der Waals surface area contributed by atoms with Crippen molar-refractivity contribution in [2.24, 2.45) is 5.92 Å². The highest BCUT2D eigenvalue weighted by Gasteiger charge is 2.32. The number of urea groups is 1. The topological polar surface area (TPSA) is 78.5 Å². The quantitative estimate of drug-likeness (QED) is 0.473. The lowest BCUT2D eigenvalue weighted by molar-refractivity contribution is -0.134. The molecule has 0 spiro atoms. The lowest BCUT2D eigenvalue weighted by Gasteiger charge is -2.34. The third-order valence-electron chi connectivity index (χ3n) is 5.99. The summed E-state index contributed by atoms with van der Waals surface area (Å²) in [5, 5.41) is 6.12. The van der Waals surface area contributed by atoms with Crippen molar-refractivity contribution in [3.05, 3.63) is 101 Å². The third kappa shape index (κ3) is 5.83. The minimum Gasteiger partial charge on any atom is -0.341 e. The summed E-state index contributed by atoms with van der Waals surface area (Å²) in [5.41, 5.74) is 1.97. The van der Waals surface area contributed by atoms with E-state index in [0.717, 1.165) is 0 Å². The Labute approximate surface area is 203 Å². The smallest absolute Gasteiger partial charge is 0.320 e. The maximum absolute atomic E-state index is 13.5. The molecule has 3 aromatic carbocycles. The van der Waals surface area contributed by atoms with Crippen LogP contribution in [0.3, 0.4) is 0 Å². The summed E-state index contributed by atoms with van der Waals surface area (Å²) in [6, 6.07) is 23.8. The molecule has 0 aromatic heterocycles. The summed E-state index contributed by atoms with van der Waals surface area (Å²) >= 11 is 5.91. The number of carbonyl (C=O) groups excluding carboxylic acids is 3. The number of ketones is 1. The van der Waals surface area contributed by atoms with E-state index in [-0.39, 0.29) is 17.6 Å². The Balaban J connectivity index is 1.42.